The van der Waals surface area contributed by atoms with E-state index in [0.29, 0.717) is 11.3 Å². The molecule has 130 valence electrons. The van der Waals surface area contributed by atoms with Crippen molar-refractivity contribution >= 4 is 40.2 Å². The van der Waals surface area contributed by atoms with Gasteiger partial charge in [0.1, 0.15) is 0 Å². The molecule has 0 saturated carbocycles. The molecule has 1 aromatic carbocycles. The Morgan fingerprint density at radius 2 is 1.75 bits per heavy atom. The minimum Gasteiger partial charge on any atom is -0.468 e. The van der Waals surface area contributed by atoms with Crippen molar-refractivity contribution < 1.29 is 19.1 Å². The molecule has 1 aromatic rings. The molecule has 0 amide bonds. The lowest BCUT2D eigenvalue weighted by molar-refractivity contribution is -0.154. The number of carbonyl (C=O) groups excluding carboxylic acids is 2. The summed E-state index contributed by atoms with van der Waals surface area (Å²) in [5.41, 5.74) is 1.78. The van der Waals surface area contributed by atoms with Crippen LogP contribution in [0.2, 0.25) is 0 Å². The van der Waals surface area contributed by atoms with Crippen LogP contribution in [-0.2, 0) is 19.1 Å². The molecule has 1 aliphatic rings. The number of carbonyl (C=O) groups is 2. The van der Waals surface area contributed by atoms with Crippen molar-refractivity contribution in [2.24, 2.45) is 10.3 Å². The Morgan fingerprint density at radius 3 is 2.29 bits per heavy atom. The fraction of sp³-hybridized carbons (Fsp3) is 0.500. The zero-order chi connectivity index (χ0) is 17.7. The highest BCUT2D eigenvalue weighted by atomic mass is 127. The number of benzene rings is 1. The molecular weight excluding hydrogens is 425 g/mol. The highest BCUT2D eigenvalue weighted by Gasteiger charge is 2.33. The Balaban J connectivity index is 2.49. The standard InChI is InChI=1S/C16H20IN3O4/c1-10-8-11(17)9-12(13(15(21)23-2)16(22)24-3)14(10)18-19-20-6-4-5-7-20/h8-9,13H,4-7H2,1-3H3. The number of halogens is 1. The van der Waals surface area contributed by atoms with Gasteiger partial charge in [0.15, 0.2) is 5.92 Å². The van der Waals surface area contributed by atoms with Crippen LogP contribution in [0.15, 0.2) is 22.5 Å². The third-order valence-corrected chi connectivity index (χ3v) is 4.46. The molecule has 0 unspecified atom stereocenters. The average molecular weight is 445 g/mol. The number of nitrogens with zero attached hydrogens (tertiary/aromatic N) is 3. The van der Waals surface area contributed by atoms with Gasteiger partial charge in [-0.3, -0.25) is 14.6 Å². The molecule has 0 bridgehead atoms. The van der Waals surface area contributed by atoms with E-state index in [-0.39, 0.29) is 0 Å². The monoisotopic (exact) mass is 445 g/mol. The summed E-state index contributed by atoms with van der Waals surface area (Å²) < 4.78 is 10.4. The van der Waals surface area contributed by atoms with Gasteiger partial charge >= 0.3 is 11.9 Å². The first-order valence-electron chi connectivity index (χ1n) is 7.60. The minimum absolute atomic E-state index is 0.445. The summed E-state index contributed by atoms with van der Waals surface area (Å²) >= 11 is 2.13. The van der Waals surface area contributed by atoms with Crippen molar-refractivity contribution in [3.63, 3.8) is 0 Å². The van der Waals surface area contributed by atoms with Crippen LogP contribution in [0.4, 0.5) is 5.69 Å². The van der Waals surface area contributed by atoms with Crippen LogP contribution in [0.5, 0.6) is 0 Å². The molecule has 24 heavy (non-hydrogen) atoms. The Labute approximate surface area is 154 Å². The van der Waals surface area contributed by atoms with Crippen molar-refractivity contribution in [2.75, 3.05) is 27.3 Å². The van der Waals surface area contributed by atoms with Crippen LogP contribution >= 0.6 is 22.6 Å². The van der Waals surface area contributed by atoms with Crippen LogP contribution in [0.3, 0.4) is 0 Å². The van der Waals surface area contributed by atoms with Crippen molar-refractivity contribution in [1.82, 2.24) is 5.01 Å². The first-order valence-corrected chi connectivity index (χ1v) is 8.68. The number of rotatable bonds is 5. The van der Waals surface area contributed by atoms with Gasteiger partial charge in [-0.25, -0.2) is 0 Å². The summed E-state index contributed by atoms with van der Waals surface area (Å²) in [4.78, 5) is 24.3. The molecule has 1 heterocycles. The molecule has 0 aliphatic carbocycles. The lowest BCUT2D eigenvalue weighted by Gasteiger charge is -2.17. The summed E-state index contributed by atoms with van der Waals surface area (Å²) in [6.45, 7) is 3.59. The quantitative estimate of drug-likeness (QED) is 0.301. The minimum atomic E-state index is -1.18. The summed E-state index contributed by atoms with van der Waals surface area (Å²) in [6.07, 6.45) is 2.18. The first-order chi connectivity index (χ1) is 11.5. The second-order valence-corrected chi connectivity index (χ2v) is 6.74. The third kappa shape index (κ3) is 4.22. The third-order valence-electron chi connectivity index (χ3n) is 3.83. The SMILES string of the molecule is COC(=O)C(C(=O)OC)c1cc(I)cc(C)c1N=NN1CCCC1. The fourth-order valence-corrected chi connectivity index (χ4v) is 3.40. The van der Waals surface area contributed by atoms with E-state index >= 15 is 0 Å². The summed E-state index contributed by atoms with van der Waals surface area (Å²) in [5.74, 6) is -2.54. The Morgan fingerprint density at radius 1 is 1.17 bits per heavy atom. The van der Waals surface area contributed by atoms with Crippen LogP contribution in [0.25, 0.3) is 0 Å². The molecule has 1 fully saturated rings. The summed E-state index contributed by atoms with van der Waals surface area (Å²) in [6, 6.07) is 3.67. The molecule has 7 nitrogen and oxygen atoms in total. The van der Waals surface area contributed by atoms with Gasteiger partial charge in [0.25, 0.3) is 0 Å². The normalized spacial score (nSPS) is 14.5. The molecule has 0 atom stereocenters. The van der Waals surface area contributed by atoms with Gasteiger partial charge in [-0.2, -0.15) is 0 Å². The van der Waals surface area contributed by atoms with Gasteiger partial charge in [-0.15, -0.1) is 5.11 Å². The van der Waals surface area contributed by atoms with E-state index < -0.39 is 17.9 Å². The van der Waals surface area contributed by atoms with E-state index in [1.165, 1.54) is 14.2 Å². The average Bonchev–Trinajstić information content (AvgIpc) is 3.07. The number of hydrogen-bond acceptors (Lipinski definition) is 6. The Kier molecular flexibility index (Phi) is 6.52. The van der Waals surface area contributed by atoms with E-state index in [4.69, 9.17) is 9.47 Å². The van der Waals surface area contributed by atoms with E-state index in [1.807, 2.05) is 18.0 Å². The zero-order valence-corrected chi connectivity index (χ0v) is 16.1. The Hall–Kier alpha value is -1.71. The van der Waals surface area contributed by atoms with Crippen molar-refractivity contribution in [3.05, 3.63) is 26.8 Å². The van der Waals surface area contributed by atoms with Crippen LogP contribution in [0.1, 0.15) is 29.9 Å². The highest BCUT2D eigenvalue weighted by molar-refractivity contribution is 14.1. The number of methoxy groups -OCH3 is 2. The summed E-state index contributed by atoms with van der Waals surface area (Å²) in [5, 5.41) is 10.4. The number of aryl methyl sites for hydroxylation is 1. The summed E-state index contributed by atoms with van der Waals surface area (Å²) in [7, 11) is 2.48. The molecule has 0 aromatic heterocycles. The van der Waals surface area contributed by atoms with Gasteiger partial charge in [0.2, 0.25) is 0 Å². The van der Waals surface area contributed by atoms with Crippen molar-refractivity contribution in [2.45, 2.75) is 25.7 Å². The molecular formula is C16H20IN3O4. The molecule has 0 radical (unpaired) electrons. The molecule has 1 aliphatic heterocycles. The molecule has 1 saturated heterocycles. The number of ether oxygens (including phenoxy) is 2. The smallest absolute Gasteiger partial charge is 0.324 e. The predicted octanol–water partition coefficient (Wildman–Crippen LogP) is 3.12. The van der Waals surface area contributed by atoms with E-state index in [9.17, 15) is 9.59 Å². The van der Waals surface area contributed by atoms with Crippen LogP contribution in [-0.4, -0.2) is 44.3 Å². The lowest BCUT2D eigenvalue weighted by atomic mass is 9.95. The van der Waals surface area contributed by atoms with Gasteiger partial charge < -0.3 is 9.47 Å². The van der Waals surface area contributed by atoms with E-state index in [2.05, 4.69) is 32.9 Å². The zero-order valence-electron chi connectivity index (χ0n) is 13.9. The first kappa shape index (κ1) is 18.6. The molecule has 2 rings (SSSR count). The Bertz CT molecular complexity index is 641. The molecule has 0 spiro atoms. The van der Waals surface area contributed by atoms with Gasteiger partial charge in [0, 0.05) is 22.2 Å². The predicted molar refractivity (Wildman–Crippen MR) is 96.0 cm³/mol. The van der Waals surface area contributed by atoms with Crippen molar-refractivity contribution in [3.8, 4) is 0 Å². The lowest BCUT2D eigenvalue weighted by Crippen LogP contribution is -2.24. The molecule has 8 heteroatoms. The van der Waals surface area contributed by atoms with E-state index in [1.54, 1.807) is 6.07 Å². The van der Waals surface area contributed by atoms with Gasteiger partial charge in [0.05, 0.1) is 19.9 Å². The topological polar surface area (TPSA) is 80.6 Å². The van der Waals surface area contributed by atoms with Crippen molar-refractivity contribution in [1.29, 1.82) is 0 Å². The van der Waals surface area contributed by atoms with Crippen LogP contribution < -0.4 is 0 Å². The number of hydrogen-bond donors (Lipinski definition) is 0. The van der Waals surface area contributed by atoms with Gasteiger partial charge in [-0.05, 0) is 60.1 Å². The highest BCUT2D eigenvalue weighted by Crippen LogP contribution is 2.34. The van der Waals surface area contributed by atoms with Crippen LogP contribution in [0, 0.1) is 10.5 Å². The fourth-order valence-electron chi connectivity index (χ4n) is 2.60. The maximum Gasteiger partial charge on any atom is 0.324 e. The molecule has 0 N–H and O–H groups in total. The van der Waals surface area contributed by atoms with E-state index in [0.717, 1.165) is 35.1 Å². The largest absolute Gasteiger partial charge is 0.468 e. The maximum atomic E-state index is 12.1. The number of esters is 2. The van der Waals surface area contributed by atoms with Gasteiger partial charge in [-0.1, -0.05) is 5.22 Å². The second-order valence-electron chi connectivity index (χ2n) is 5.49. The maximum absolute atomic E-state index is 12.1. The second kappa shape index (κ2) is 8.41.